The molecule has 0 saturated carbocycles. The van der Waals surface area contributed by atoms with Crippen LogP contribution in [0.4, 0.5) is 13.2 Å². The topological polar surface area (TPSA) is 26.0 Å². The molecule has 0 aromatic rings. The van der Waals surface area contributed by atoms with Crippen LogP contribution in [0.5, 0.6) is 0 Å². The molecule has 0 amide bonds. The van der Waals surface area contributed by atoms with E-state index in [4.69, 9.17) is 5.73 Å². The minimum atomic E-state index is -3.96. The Bertz CT molecular complexity index is 204. The van der Waals surface area contributed by atoms with Crippen molar-refractivity contribution in [2.45, 2.75) is 68.0 Å². The van der Waals surface area contributed by atoms with E-state index in [1.54, 1.807) is 6.08 Å². The van der Waals surface area contributed by atoms with E-state index in [0.717, 1.165) is 6.92 Å². The normalized spacial score (nSPS) is 8.95. The fourth-order valence-electron chi connectivity index (χ4n) is 0.290. The summed E-state index contributed by atoms with van der Waals surface area (Å²) < 4.78 is 32.4. The van der Waals surface area contributed by atoms with Crippen molar-refractivity contribution >= 4 is 0 Å². The third kappa shape index (κ3) is 90.6. The van der Waals surface area contributed by atoms with Crippen molar-refractivity contribution in [3.8, 4) is 0 Å². The minimum Gasteiger partial charge on any atom is -0.399 e. The van der Waals surface area contributed by atoms with Gasteiger partial charge in [0, 0.05) is 12.1 Å². The maximum atomic E-state index is 10.8. The van der Waals surface area contributed by atoms with E-state index >= 15 is 0 Å². The summed E-state index contributed by atoms with van der Waals surface area (Å²) in [5.41, 5.74) is 5.80. The smallest absolute Gasteiger partial charge is 0.388 e. The van der Waals surface area contributed by atoms with E-state index in [9.17, 15) is 13.2 Å². The first-order valence-electron chi connectivity index (χ1n) is 7.14. The van der Waals surface area contributed by atoms with Gasteiger partial charge in [0.15, 0.2) is 0 Å². The van der Waals surface area contributed by atoms with Gasteiger partial charge in [0.1, 0.15) is 0 Å². The summed E-state index contributed by atoms with van der Waals surface area (Å²) in [5.74, 6) is 0. The summed E-state index contributed by atoms with van der Waals surface area (Å²) in [4.78, 5) is 0. The minimum absolute atomic E-state index is 0.586. The van der Waals surface area contributed by atoms with Crippen molar-refractivity contribution in [2.24, 2.45) is 5.73 Å². The molecule has 0 radical (unpaired) electrons. The Hall–Kier alpha value is -1.19. The number of halogens is 3. The van der Waals surface area contributed by atoms with E-state index in [1.165, 1.54) is 0 Å². The molecule has 0 aliphatic carbocycles. The number of hydrogen-bond donors (Lipinski definition) is 1. The van der Waals surface area contributed by atoms with Crippen LogP contribution in [0.25, 0.3) is 0 Å². The lowest BCUT2D eigenvalue weighted by Gasteiger charge is -1.96. The molecule has 0 unspecified atom stereocenters. The SMILES string of the molecule is C=C(N)/C=C\C=C/C.CC.CC.CC.CCC(F)(F)F. The van der Waals surface area contributed by atoms with Crippen LogP contribution < -0.4 is 5.73 Å². The van der Waals surface area contributed by atoms with Gasteiger partial charge >= 0.3 is 6.18 Å². The standard InChI is InChI=1S/C7H11N.C3H5F3.3C2H6/c1-3-4-5-6-7(2)8;1-2-3(4,5)6;3*1-2/h3-6H,2,8H2,1H3;2H2,1H3;3*1-2H3/b4-3-,6-5-;;;;. The summed E-state index contributed by atoms with van der Waals surface area (Å²) >= 11 is 0. The average Bonchev–Trinajstić information content (AvgIpc) is 2.45. The highest BCUT2D eigenvalue weighted by atomic mass is 19.4. The number of hydrogen-bond acceptors (Lipinski definition) is 1. The van der Waals surface area contributed by atoms with Crippen LogP contribution >= 0.6 is 0 Å². The lowest BCUT2D eigenvalue weighted by atomic mass is 10.4. The van der Waals surface area contributed by atoms with Gasteiger partial charge in [-0.1, -0.05) is 73.3 Å². The zero-order valence-electron chi connectivity index (χ0n) is 14.4. The van der Waals surface area contributed by atoms with Crippen LogP contribution in [-0.4, -0.2) is 6.18 Å². The lowest BCUT2D eigenvalue weighted by molar-refractivity contribution is -0.130. The Morgan fingerprint density at radius 2 is 1.30 bits per heavy atom. The van der Waals surface area contributed by atoms with Crippen molar-refractivity contribution in [1.29, 1.82) is 0 Å². The van der Waals surface area contributed by atoms with Gasteiger partial charge in [-0.3, -0.25) is 0 Å². The molecule has 0 spiro atoms. The zero-order valence-corrected chi connectivity index (χ0v) is 14.4. The van der Waals surface area contributed by atoms with Gasteiger partial charge in [-0.15, -0.1) is 0 Å². The molecular weight excluding hydrogens is 263 g/mol. The van der Waals surface area contributed by atoms with Crippen LogP contribution in [0.1, 0.15) is 61.8 Å². The fourth-order valence-corrected chi connectivity index (χ4v) is 0.290. The predicted molar refractivity (Wildman–Crippen MR) is 87.7 cm³/mol. The van der Waals surface area contributed by atoms with Crippen molar-refractivity contribution in [3.05, 3.63) is 36.6 Å². The van der Waals surface area contributed by atoms with Gasteiger partial charge in [-0.25, -0.2) is 0 Å². The second-order valence-corrected chi connectivity index (χ2v) is 2.43. The molecule has 4 heteroatoms. The molecule has 0 aliphatic rings. The zero-order chi connectivity index (χ0) is 17.6. The predicted octanol–water partition coefficient (Wildman–Crippen LogP) is 6.63. The third-order valence-corrected chi connectivity index (χ3v) is 1.01. The lowest BCUT2D eigenvalue weighted by Crippen LogP contribution is -2.02. The van der Waals surface area contributed by atoms with Gasteiger partial charge < -0.3 is 5.73 Å². The summed E-state index contributed by atoms with van der Waals surface area (Å²) in [6, 6.07) is 0. The van der Waals surface area contributed by atoms with Crippen LogP contribution in [0.15, 0.2) is 36.6 Å². The Morgan fingerprint density at radius 3 is 1.45 bits per heavy atom. The van der Waals surface area contributed by atoms with E-state index in [2.05, 4.69) is 6.58 Å². The largest absolute Gasteiger partial charge is 0.399 e. The highest BCUT2D eigenvalue weighted by Gasteiger charge is 2.22. The first kappa shape index (κ1) is 31.3. The Morgan fingerprint density at radius 1 is 1.00 bits per heavy atom. The molecule has 0 aromatic carbocycles. The molecule has 0 aliphatic heterocycles. The molecule has 0 rings (SSSR count). The quantitative estimate of drug-likeness (QED) is 0.569. The molecule has 0 aromatic heterocycles. The van der Waals surface area contributed by atoms with Crippen molar-refractivity contribution in [1.82, 2.24) is 0 Å². The molecule has 124 valence electrons. The number of rotatable bonds is 2. The van der Waals surface area contributed by atoms with Gasteiger partial charge in [0.2, 0.25) is 0 Å². The summed E-state index contributed by atoms with van der Waals surface area (Å²) in [5, 5.41) is 0. The molecule has 0 saturated heterocycles. The molecule has 0 heterocycles. The second kappa shape index (κ2) is 30.7. The molecule has 1 nitrogen and oxygen atoms in total. The van der Waals surface area contributed by atoms with Crippen LogP contribution in [0.2, 0.25) is 0 Å². The summed E-state index contributed by atoms with van der Waals surface area (Å²) in [6.07, 6.45) is 2.74. The molecule has 2 N–H and O–H groups in total. The van der Waals surface area contributed by atoms with Gasteiger partial charge in [-0.2, -0.15) is 13.2 Å². The third-order valence-electron chi connectivity index (χ3n) is 1.01. The van der Waals surface area contributed by atoms with E-state index < -0.39 is 12.6 Å². The summed E-state index contributed by atoms with van der Waals surface area (Å²) in [7, 11) is 0. The van der Waals surface area contributed by atoms with Gasteiger partial charge in [0.25, 0.3) is 0 Å². The molecule has 20 heavy (non-hydrogen) atoms. The van der Waals surface area contributed by atoms with E-state index in [0.29, 0.717) is 5.70 Å². The van der Waals surface area contributed by atoms with Crippen molar-refractivity contribution in [3.63, 3.8) is 0 Å². The van der Waals surface area contributed by atoms with Crippen LogP contribution in [0.3, 0.4) is 0 Å². The molecule has 0 fully saturated rings. The van der Waals surface area contributed by atoms with E-state index in [-0.39, 0.29) is 0 Å². The highest BCUT2D eigenvalue weighted by Crippen LogP contribution is 2.17. The first-order valence-corrected chi connectivity index (χ1v) is 7.14. The van der Waals surface area contributed by atoms with E-state index in [1.807, 2.05) is 66.7 Å². The Kier molecular flexibility index (Phi) is 48.0. The molecular formula is C16H34F3N. The van der Waals surface area contributed by atoms with Crippen LogP contribution in [0, 0.1) is 0 Å². The fraction of sp³-hybridized carbons (Fsp3) is 0.625. The van der Waals surface area contributed by atoms with Gasteiger partial charge in [-0.05, 0) is 13.0 Å². The van der Waals surface area contributed by atoms with Crippen molar-refractivity contribution in [2.75, 3.05) is 0 Å². The maximum Gasteiger partial charge on any atom is 0.388 e. The first-order chi connectivity index (χ1) is 9.33. The Labute approximate surface area is 124 Å². The highest BCUT2D eigenvalue weighted by molar-refractivity contribution is 5.15. The number of allylic oxidation sites excluding steroid dienone is 4. The average molecular weight is 297 g/mol. The monoisotopic (exact) mass is 297 g/mol. The van der Waals surface area contributed by atoms with Gasteiger partial charge in [0.05, 0.1) is 0 Å². The molecule has 0 atom stereocenters. The Balaban J connectivity index is -0.0000000554. The molecule has 0 bridgehead atoms. The van der Waals surface area contributed by atoms with Crippen molar-refractivity contribution < 1.29 is 13.2 Å². The number of nitrogens with two attached hydrogens (primary N) is 1. The maximum absolute atomic E-state index is 10.8. The second-order valence-electron chi connectivity index (χ2n) is 2.43. The summed E-state index contributed by atoms with van der Waals surface area (Å²) in [6.45, 7) is 18.5. The number of alkyl halides is 3. The van der Waals surface area contributed by atoms with Crippen LogP contribution in [-0.2, 0) is 0 Å².